The maximum atomic E-state index is 11.7. The number of allylic oxidation sites excluding steroid dienone is 2. The molecule has 0 aromatic rings. The number of nitrogens with one attached hydrogen (secondary N) is 1. The van der Waals surface area contributed by atoms with Gasteiger partial charge in [-0.3, -0.25) is 9.59 Å². The van der Waals surface area contributed by atoms with E-state index in [0.29, 0.717) is 26.0 Å². The molecule has 0 spiro atoms. The molecule has 0 bridgehead atoms. The highest BCUT2D eigenvalue weighted by Gasteiger charge is 2.13. The normalized spacial score (nSPS) is 13.4. The Morgan fingerprint density at radius 1 is 0.917 bits per heavy atom. The van der Waals surface area contributed by atoms with Crippen molar-refractivity contribution < 1.29 is 14.3 Å². The van der Waals surface area contributed by atoms with Crippen LogP contribution in [0.5, 0.6) is 0 Å². The van der Waals surface area contributed by atoms with Crippen molar-refractivity contribution in [2.75, 3.05) is 18.9 Å². The summed E-state index contributed by atoms with van der Waals surface area (Å²) in [5, 5.41) is 2.83. The molecule has 136 valence electrons. The topological polar surface area (TPSA) is 55.4 Å². The zero-order valence-corrected chi connectivity index (χ0v) is 15.4. The van der Waals surface area contributed by atoms with Crippen LogP contribution in [0.2, 0.25) is 0 Å². The lowest BCUT2D eigenvalue weighted by atomic mass is 10.1. The maximum absolute atomic E-state index is 11.7. The molecule has 0 fully saturated rings. The van der Waals surface area contributed by atoms with Gasteiger partial charge in [-0.1, -0.05) is 56.4 Å². The predicted octanol–water partition coefficient (Wildman–Crippen LogP) is 3.83. The minimum Gasteiger partial charge on any atom is -0.466 e. The second-order valence-electron chi connectivity index (χ2n) is 6.11. The lowest BCUT2D eigenvalue weighted by Gasteiger charge is -2.08. The van der Waals surface area contributed by atoms with E-state index in [0.717, 1.165) is 18.6 Å². The Morgan fingerprint density at radius 2 is 1.54 bits per heavy atom. The van der Waals surface area contributed by atoms with E-state index < -0.39 is 0 Å². The van der Waals surface area contributed by atoms with Gasteiger partial charge in [0, 0.05) is 13.0 Å². The Bertz CT molecular complexity index is 409. The van der Waals surface area contributed by atoms with E-state index in [9.17, 15) is 9.59 Å². The number of unbranched alkanes of at least 4 members (excludes halogenated alkanes) is 6. The van der Waals surface area contributed by atoms with Gasteiger partial charge >= 0.3 is 5.97 Å². The van der Waals surface area contributed by atoms with E-state index in [-0.39, 0.29) is 17.8 Å². The van der Waals surface area contributed by atoms with Crippen molar-refractivity contribution in [3.8, 4) is 0 Å². The second-order valence-corrected chi connectivity index (χ2v) is 6.56. The Balaban J connectivity index is 1.85. The third-order valence-corrected chi connectivity index (χ3v) is 4.29. The highest BCUT2D eigenvalue weighted by atomic mass is 32.1. The molecule has 1 aliphatic carbocycles. The average molecular weight is 354 g/mol. The van der Waals surface area contributed by atoms with Crippen LogP contribution in [-0.4, -0.2) is 30.8 Å². The summed E-state index contributed by atoms with van der Waals surface area (Å²) in [5.41, 5.74) is 0. The van der Waals surface area contributed by atoms with Crippen molar-refractivity contribution in [3.05, 3.63) is 24.3 Å². The Labute approximate surface area is 151 Å². The first-order valence-electron chi connectivity index (χ1n) is 9.13. The van der Waals surface area contributed by atoms with Crippen LogP contribution in [0.3, 0.4) is 0 Å². The molecule has 0 unspecified atom stereocenters. The van der Waals surface area contributed by atoms with Crippen LogP contribution < -0.4 is 5.32 Å². The molecule has 1 aliphatic rings. The van der Waals surface area contributed by atoms with Gasteiger partial charge in [-0.25, -0.2) is 0 Å². The molecule has 24 heavy (non-hydrogen) atoms. The monoisotopic (exact) mass is 353 g/mol. The molecule has 0 atom stereocenters. The Hall–Kier alpha value is -1.23. The molecule has 0 saturated heterocycles. The number of carbonyl (C=O) groups is 2. The van der Waals surface area contributed by atoms with Gasteiger partial charge in [0.25, 0.3) is 0 Å². The van der Waals surface area contributed by atoms with Gasteiger partial charge in [0.2, 0.25) is 5.91 Å². The minimum atomic E-state index is -0.168. The molecule has 0 aromatic heterocycles. The quantitative estimate of drug-likeness (QED) is 0.283. The van der Waals surface area contributed by atoms with Crippen LogP contribution in [0.15, 0.2) is 24.3 Å². The van der Waals surface area contributed by atoms with Gasteiger partial charge in [-0.05, 0) is 25.0 Å². The third kappa shape index (κ3) is 10.5. The lowest BCUT2D eigenvalue weighted by Crippen LogP contribution is -2.29. The molecule has 5 heteroatoms. The molecular formula is C19H31NO3S. The van der Waals surface area contributed by atoms with E-state index in [1.807, 2.05) is 24.3 Å². The smallest absolute Gasteiger partial charge is 0.305 e. The van der Waals surface area contributed by atoms with E-state index in [4.69, 9.17) is 4.74 Å². The molecule has 1 amide bonds. The summed E-state index contributed by atoms with van der Waals surface area (Å²) in [6, 6.07) is 0. The van der Waals surface area contributed by atoms with Gasteiger partial charge in [0.05, 0.1) is 12.5 Å². The highest BCUT2D eigenvalue weighted by Crippen LogP contribution is 2.09. The number of rotatable bonds is 14. The zero-order chi connectivity index (χ0) is 17.5. The summed E-state index contributed by atoms with van der Waals surface area (Å²) in [5.74, 6) is 0.644. The first kappa shape index (κ1) is 20.8. The first-order valence-corrected chi connectivity index (χ1v) is 9.76. The molecule has 1 N–H and O–H groups in total. The number of carbonyl (C=O) groups excluding carboxylic acids is 2. The molecule has 0 aromatic carbocycles. The standard InChI is InChI=1S/C19H31NO3S/c21-18(23-15-8-4-2-1-3-5-9-16-24)13-10-14-20-19(22)17-11-6-7-12-17/h6-7,11-12,17,24H,1-5,8-10,13-16H2,(H,20,22). The lowest BCUT2D eigenvalue weighted by molar-refractivity contribution is -0.144. The summed E-state index contributed by atoms with van der Waals surface area (Å²) in [4.78, 5) is 23.3. The molecular weight excluding hydrogens is 322 g/mol. The fraction of sp³-hybridized carbons (Fsp3) is 0.684. The number of amides is 1. The van der Waals surface area contributed by atoms with Gasteiger partial charge in [0.15, 0.2) is 0 Å². The summed E-state index contributed by atoms with van der Waals surface area (Å²) in [6.07, 6.45) is 16.7. The number of esters is 1. The summed E-state index contributed by atoms with van der Waals surface area (Å²) < 4.78 is 5.21. The third-order valence-electron chi connectivity index (χ3n) is 3.97. The SMILES string of the molecule is O=C(CCCNC(=O)C1C=CC=C1)OCCCCCCCCCS. The van der Waals surface area contributed by atoms with Crippen molar-refractivity contribution in [2.45, 2.75) is 57.8 Å². The van der Waals surface area contributed by atoms with Crippen LogP contribution in [0, 0.1) is 5.92 Å². The van der Waals surface area contributed by atoms with Crippen LogP contribution in [0.4, 0.5) is 0 Å². The van der Waals surface area contributed by atoms with Crippen LogP contribution in [0.25, 0.3) is 0 Å². The average Bonchev–Trinajstić information content (AvgIpc) is 3.12. The van der Waals surface area contributed by atoms with Gasteiger partial charge in [0.1, 0.15) is 0 Å². The Kier molecular flexibility index (Phi) is 12.3. The minimum absolute atomic E-state index is 0.0114. The molecule has 4 nitrogen and oxygen atoms in total. The van der Waals surface area contributed by atoms with Crippen LogP contribution in [0.1, 0.15) is 57.8 Å². The van der Waals surface area contributed by atoms with Crippen molar-refractivity contribution in [1.82, 2.24) is 5.32 Å². The van der Waals surface area contributed by atoms with Crippen molar-refractivity contribution in [3.63, 3.8) is 0 Å². The molecule has 0 saturated carbocycles. The Morgan fingerprint density at radius 3 is 2.21 bits per heavy atom. The van der Waals surface area contributed by atoms with Gasteiger partial charge < -0.3 is 10.1 Å². The van der Waals surface area contributed by atoms with Crippen molar-refractivity contribution >= 4 is 24.5 Å². The van der Waals surface area contributed by atoms with Crippen LogP contribution >= 0.6 is 12.6 Å². The predicted molar refractivity (Wildman–Crippen MR) is 101 cm³/mol. The first-order chi connectivity index (χ1) is 11.7. The fourth-order valence-electron chi connectivity index (χ4n) is 2.52. The molecule has 1 rings (SSSR count). The highest BCUT2D eigenvalue weighted by molar-refractivity contribution is 7.80. The number of hydrogen-bond donors (Lipinski definition) is 2. The fourth-order valence-corrected chi connectivity index (χ4v) is 2.75. The zero-order valence-electron chi connectivity index (χ0n) is 14.5. The van der Waals surface area contributed by atoms with E-state index in [2.05, 4.69) is 17.9 Å². The summed E-state index contributed by atoms with van der Waals surface area (Å²) >= 11 is 4.20. The van der Waals surface area contributed by atoms with Crippen molar-refractivity contribution in [1.29, 1.82) is 0 Å². The largest absolute Gasteiger partial charge is 0.466 e. The number of ether oxygens (including phenoxy) is 1. The second kappa shape index (κ2) is 14.1. The number of hydrogen-bond acceptors (Lipinski definition) is 4. The van der Waals surface area contributed by atoms with Crippen LogP contribution in [-0.2, 0) is 14.3 Å². The van der Waals surface area contributed by atoms with Crippen molar-refractivity contribution in [2.24, 2.45) is 5.92 Å². The summed E-state index contributed by atoms with van der Waals surface area (Å²) in [7, 11) is 0. The maximum Gasteiger partial charge on any atom is 0.305 e. The van der Waals surface area contributed by atoms with E-state index in [1.165, 1.54) is 32.1 Å². The molecule has 0 aliphatic heterocycles. The summed E-state index contributed by atoms with van der Waals surface area (Å²) in [6.45, 7) is 1.03. The number of thiol groups is 1. The van der Waals surface area contributed by atoms with Gasteiger partial charge in [-0.2, -0.15) is 12.6 Å². The molecule has 0 heterocycles. The van der Waals surface area contributed by atoms with E-state index in [1.54, 1.807) is 0 Å². The molecule has 0 radical (unpaired) electrons. The van der Waals surface area contributed by atoms with Gasteiger partial charge in [-0.15, -0.1) is 0 Å². The van der Waals surface area contributed by atoms with E-state index >= 15 is 0 Å².